The number of hydrogen-bond donors (Lipinski definition) is 2. The molecule has 0 atom stereocenters. The van der Waals surface area contributed by atoms with E-state index in [1.54, 1.807) is 10.9 Å². The molecule has 0 aliphatic rings. The standard InChI is InChI=1S/C11H13FN4O2S/c1-2-16-7-10(6-14-16)15-19(17,18)11-4-8(12)3-9(13)5-11/h3-7,15H,2,13H2,1H3. The third-order valence-corrected chi connectivity index (χ3v) is 3.77. The first-order valence-corrected chi connectivity index (χ1v) is 7.00. The molecule has 0 amide bonds. The molecule has 0 radical (unpaired) electrons. The van der Waals surface area contributed by atoms with Crippen LogP contribution in [-0.2, 0) is 16.6 Å². The number of nitrogens with two attached hydrogens (primary N) is 1. The molecule has 102 valence electrons. The first kappa shape index (κ1) is 13.3. The van der Waals surface area contributed by atoms with Crippen molar-refractivity contribution in [2.45, 2.75) is 18.4 Å². The summed E-state index contributed by atoms with van der Waals surface area (Å²) in [6, 6.07) is 3.15. The molecule has 1 heterocycles. The number of benzene rings is 1. The van der Waals surface area contributed by atoms with Gasteiger partial charge in [0.05, 0.1) is 16.8 Å². The van der Waals surface area contributed by atoms with E-state index in [9.17, 15) is 12.8 Å². The summed E-state index contributed by atoms with van der Waals surface area (Å²) in [4.78, 5) is -0.228. The van der Waals surface area contributed by atoms with Crippen molar-refractivity contribution in [3.8, 4) is 0 Å². The monoisotopic (exact) mass is 284 g/mol. The molecular formula is C11H13FN4O2S. The van der Waals surface area contributed by atoms with Crippen LogP contribution in [0.2, 0.25) is 0 Å². The van der Waals surface area contributed by atoms with Crippen LogP contribution < -0.4 is 10.5 Å². The van der Waals surface area contributed by atoms with Gasteiger partial charge in [-0.3, -0.25) is 9.40 Å². The summed E-state index contributed by atoms with van der Waals surface area (Å²) in [5, 5.41) is 3.94. The Kier molecular flexibility index (Phi) is 3.43. The Balaban J connectivity index is 2.31. The molecule has 1 aromatic carbocycles. The van der Waals surface area contributed by atoms with Crippen LogP contribution in [0.4, 0.5) is 15.8 Å². The zero-order valence-corrected chi connectivity index (χ0v) is 11.0. The van der Waals surface area contributed by atoms with E-state index >= 15 is 0 Å². The topological polar surface area (TPSA) is 90.0 Å². The zero-order valence-electron chi connectivity index (χ0n) is 10.2. The maximum absolute atomic E-state index is 13.2. The lowest BCUT2D eigenvalue weighted by Gasteiger charge is -2.06. The van der Waals surface area contributed by atoms with Crippen molar-refractivity contribution >= 4 is 21.4 Å². The fourth-order valence-electron chi connectivity index (χ4n) is 1.54. The van der Waals surface area contributed by atoms with E-state index < -0.39 is 15.8 Å². The van der Waals surface area contributed by atoms with Crippen LogP contribution in [0, 0.1) is 5.82 Å². The Morgan fingerprint density at radius 2 is 2.16 bits per heavy atom. The van der Waals surface area contributed by atoms with Crippen molar-refractivity contribution in [2.75, 3.05) is 10.5 Å². The molecule has 1 aromatic heterocycles. The van der Waals surface area contributed by atoms with Gasteiger partial charge < -0.3 is 5.73 Å². The highest BCUT2D eigenvalue weighted by Gasteiger charge is 2.16. The van der Waals surface area contributed by atoms with E-state index in [-0.39, 0.29) is 10.6 Å². The van der Waals surface area contributed by atoms with Gasteiger partial charge in [-0.1, -0.05) is 0 Å². The number of aromatic nitrogens is 2. The van der Waals surface area contributed by atoms with Crippen molar-refractivity contribution < 1.29 is 12.8 Å². The molecule has 0 saturated carbocycles. The second-order valence-corrected chi connectivity index (χ2v) is 5.59. The molecule has 2 rings (SSSR count). The highest BCUT2D eigenvalue weighted by molar-refractivity contribution is 7.92. The van der Waals surface area contributed by atoms with Gasteiger partial charge in [0.2, 0.25) is 0 Å². The predicted octanol–water partition coefficient (Wildman–Crippen LogP) is 1.43. The molecule has 2 aromatic rings. The first-order valence-electron chi connectivity index (χ1n) is 5.52. The molecule has 0 unspecified atom stereocenters. The van der Waals surface area contributed by atoms with Crippen molar-refractivity contribution in [1.29, 1.82) is 0 Å². The van der Waals surface area contributed by atoms with Gasteiger partial charge in [0, 0.05) is 18.4 Å². The predicted molar refractivity (Wildman–Crippen MR) is 69.5 cm³/mol. The number of halogens is 1. The molecule has 0 bridgehead atoms. The van der Waals surface area contributed by atoms with E-state index in [1.165, 1.54) is 12.3 Å². The van der Waals surface area contributed by atoms with Gasteiger partial charge >= 0.3 is 0 Å². The number of anilines is 2. The molecule has 6 nitrogen and oxygen atoms in total. The number of nitrogen functional groups attached to an aromatic ring is 1. The zero-order chi connectivity index (χ0) is 14.0. The Bertz CT molecular complexity index is 676. The average molecular weight is 284 g/mol. The number of sulfonamides is 1. The molecular weight excluding hydrogens is 271 g/mol. The van der Waals surface area contributed by atoms with Crippen LogP contribution in [0.5, 0.6) is 0 Å². The van der Waals surface area contributed by atoms with Crippen molar-refractivity contribution in [1.82, 2.24) is 9.78 Å². The molecule has 0 saturated heterocycles. The summed E-state index contributed by atoms with van der Waals surface area (Å²) in [7, 11) is -3.88. The first-order chi connectivity index (χ1) is 8.90. The van der Waals surface area contributed by atoms with Crippen LogP contribution in [-0.4, -0.2) is 18.2 Å². The molecule has 8 heteroatoms. The molecule has 0 fully saturated rings. The highest BCUT2D eigenvalue weighted by atomic mass is 32.2. The molecule has 0 spiro atoms. The SMILES string of the molecule is CCn1cc(NS(=O)(=O)c2cc(N)cc(F)c2)cn1. The van der Waals surface area contributed by atoms with Gasteiger partial charge in [0.1, 0.15) is 5.82 Å². The van der Waals surface area contributed by atoms with Crippen LogP contribution in [0.15, 0.2) is 35.5 Å². The lowest BCUT2D eigenvalue weighted by Crippen LogP contribution is -2.13. The number of rotatable bonds is 4. The average Bonchev–Trinajstić information content (AvgIpc) is 2.74. The van der Waals surface area contributed by atoms with Crippen LogP contribution in [0.25, 0.3) is 0 Å². The fraction of sp³-hybridized carbons (Fsp3) is 0.182. The normalized spacial score (nSPS) is 11.5. The lowest BCUT2D eigenvalue weighted by atomic mass is 10.3. The van der Waals surface area contributed by atoms with Crippen LogP contribution >= 0.6 is 0 Å². The van der Waals surface area contributed by atoms with E-state index in [4.69, 9.17) is 5.73 Å². The minimum Gasteiger partial charge on any atom is -0.399 e. The lowest BCUT2D eigenvalue weighted by molar-refractivity contribution is 0.595. The minimum absolute atomic E-state index is 0.0460. The van der Waals surface area contributed by atoms with E-state index in [1.807, 2.05) is 6.92 Å². The minimum atomic E-state index is -3.88. The smallest absolute Gasteiger partial charge is 0.262 e. The Hall–Kier alpha value is -2.09. The summed E-state index contributed by atoms with van der Waals surface area (Å²) in [6.07, 6.45) is 2.92. The summed E-state index contributed by atoms with van der Waals surface area (Å²) < 4.78 is 41.1. The quantitative estimate of drug-likeness (QED) is 0.831. The summed E-state index contributed by atoms with van der Waals surface area (Å²) >= 11 is 0. The molecule has 3 N–H and O–H groups in total. The second-order valence-electron chi connectivity index (χ2n) is 3.91. The summed E-state index contributed by atoms with van der Waals surface area (Å²) in [5.74, 6) is -0.704. The van der Waals surface area contributed by atoms with Gasteiger partial charge in [-0.25, -0.2) is 12.8 Å². The summed E-state index contributed by atoms with van der Waals surface area (Å²) in [6.45, 7) is 2.49. The van der Waals surface area contributed by atoms with Crippen LogP contribution in [0.1, 0.15) is 6.92 Å². The van der Waals surface area contributed by atoms with Crippen molar-refractivity contribution in [3.63, 3.8) is 0 Å². The van der Waals surface area contributed by atoms with Crippen molar-refractivity contribution in [3.05, 3.63) is 36.4 Å². The maximum Gasteiger partial charge on any atom is 0.262 e. The van der Waals surface area contributed by atoms with Gasteiger partial charge in [-0.05, 0) is 25.1 Å². The second kappa shape index (κ2) is 4.88. The number of nitrogens with one attached hydrogen (secondary N) is 1. The number of aryl methyl sites for hydroxylation is 1. The fourth-order valence-corrected chi connectivity index (χ4v) is 2.64. The third-order valence-electron chi connectivity index (χ3n) is 2.41. The van der Waals surface area contributed by atoms with Crippen molar-refractivity contribution in [2.24, 2.45) is 0 Å². The summed E-state index contributed by atoms with van der Waals surface area (Å²) in [5.41, 5.74) is 5.78. The van der Waals surface area contributed by atoms with E-state index in [2.05, 4.69) is 9.82 Å². The van der Waals surface area contributed by atoms with Gasteiger partial charge in [0.15, 0.2) is 0 Å². The third kappa shape index (κ3) is 3.02. The Morgan fingerprint density at radius 1 is 1.42 bits per heavy atom. The van der Waals surface area contributed by atoms with Gasteiger partial charge in [0.25, 0.3) is 10.0 Å². The number of hydrogen-bond acceptors (Lipinski definition) is 4. The van der Waals surface area contributed by atoms with Crippen LogP contribution in [0.3, 0.4) is 0 Å². The highest BCUT2D eigenvalue weighted by Crippen LogP contribution is 2.19. The number of nitrogens with zero attached hydrogens (tertiary/aromatic N) is 2. The maximum atomic E-state index is 13.2. The largest absolute Gasteiger partial charge is 0.399 e. The molecule has 0 aliphatic carbocycles. The van der Waals surface area contributed by atoms with E-state index in [0.29, 0.717) is 12.2 Å². The Labute approximate surface area is 110 Å². The van der Waals surface area contributed by atoms with Gasteiger partial charge in [-0.2, -0.15) is 5.10 Å². The Morgan fingerprint density at radius 3 is 2.74 bits per heavy atom. The van der Waals surface area contributed by atoms with Gasteiger partial charge in [-0.15, -0.1) is 0 Å². The molecule has 19 heavy (non-hydrogen) atoms. The van der Waals surface area contributed by atoms with E-state index in [0.717, 1.165) is 12.1 Å². The molecule has 0 aliphatic heterocycles.